The second-order valence-corrected chi connectivity index (χ2v) is 7.20. The number of Topliss-reactive ketones (excluding diaryl/α,β-unsaturated/α-hetero) is 1. The average molecular weight is 359 g/mol. The number of aliphatic carboxylic acids is 1. The van der Waals surface area contributed by atoms with Crippen molar-refractivity contribution in [1.29, 1.82) is 0 Å². The number of carboxylic acids is 1. The number of ketones is 1. The summed E-state index contributed by atoms with van der Waals surface area (Å²) in [5.41, 5.74) is -1.95. The molecule has 0 aromatic carbocycles. The van der Waals surface area contributed by atoms with Gasteiger partial charge < -0.3 is 15.3 Å². The molecule has 0 aliphatic heterocycles. The van der Waals surface area contributed by atoms with Crippen molar-refractivity contribution in [3.8, 4) is 0 Å². The zero-order chi connectivity index (χ0) is 19.1. The van der Waals surface area contributed by atoms with E-state index in [0.717, 1.165) is 38.5 Å². The number of carbonyl (C=O) groups is 2. The van der Waals surface area contributed by atoms with Gasteiger partial charge in [-0.2, -0.15) is 0 Å². The zero-order valence-electron chi connectivity index (χ0n) is 16.1. The molecule has 0 rings (SSSR count). The van der Waals surface area contributed by atoms with Crippen molar-refractivity contribution < 1.29 is 24.9 Å². The standard InChI is InChI=1S/C20H38O5/c1-3-5-7-9-10-11-13-15-20(25,16-18(22)23)19(24)17(21)14-12-8-6-4-2/h17,21,25H,3-16H2,1-2H3,(H,22,23). The van der Waals surface area contributed by atoms with Gasteiger partial charge in [0.15, 0.2) is 5.78 Å². The van der Waals surface area contributed by atoms with Crippen molar-refractivity contribution in [2.75, 3.05) is 0 Å². The van der Waals surface area contributed by atoms with Gasteiger partial charge >= 0.3 is 5.97 Å². The van der Waals surface area contributed by atoms with Crippen molar-refractivity contribution in [2.24, 2.45) is 0 Å². The van der Waals surface area contributed by atoms with E-state index < -0.39 is 29.9 Å². The lowest BCUT2D eigenvalue weighted by Gasteiger charge is -2.27. The Bertz CT molecular complexity index is 369. The summed E-state index contributed by atoms with van der Waals surface area (Å²) >= 11 is 0. The highest BCUT2D eigenvalue weighted by Gasteiger charge is 2.40. The second kappa shape index (κ2) is 14.3. The van der Waals surface area contributed by atoms with Gasteiger partial charge in [0.2, 0.25) is 0 Å². The van der Waals surface area contributed by atoms with Crippen LogP contribution in [0.2, 0.25) is 0 Å². The van der Waals surface area contributed by atoms with E-state index in [2.05, 4.69) is 13.8 Å². The fourth-order valence-electron chi connectivity index (χ4n) is 3.13. The highest BCUT2D eigenvalue weighted by Crippen LogP contribution is 2.24. The van der Waals surface area contributed by atoms with Gasteiger partial charge in [0.1, 0.15) is 11.7 Å². The molecular formula is C20H38O5. The van der Waals surface area contributed by atoms with Gasteiger partial charge in [0.05, 0.1) is 6.42 Å². The van der Waals surface area contributed by atoms with E-state index in [4.69, 9.17) is 5.11 Å². The first kappa shape index (κ1) is 24.1. The summed E-state index contributed by atoms with van der Waals surface area (Å²) in [5, 5.41) is 29.7. The molecule has 0 spiro atoms. The Hall–Kier alpha value is -0.940. The third-order valence-electron chi connectivity index (χ3n) is 4.73. The molecule has 0 aliphatic rings. The molecule has 0 bridgehead atoms. The van der Waals surface area contributed by atoms with E-state index in [1.165, 1.54) is 19.3 Å². The van der Waals surface area contributed by atoms with Crippen LogP contribution in [0.15, 0.2) is 0 Å². The second-order valence-electron chi connectivity index (χ2n) is 7.20. The number of aliphatic hydroxyl groups excluding tert-OH is 1. The third kappa shape index (κ3) is 11.3. The SMILES string of the molecule is CCCCCCCCCC(O)(CC(=O)O)C(=O)C(O)CCCCCC. The van der Waals surface area contributed by atoms with Crippen LogP contribution in [-0.4, -0.2) is 38.8 Å². The van der Waals surface area contributed by atoms with Crippen molar-refractivity contribution in [3.63, 3.8) is 0 Å². The quantitative estimate of drug-likeness (QED) is 0.338. The first-order valence-corrected chi connectivity index (χ1v) is 10.0. The van der Waals surface area contributed by atoms with Crippen LogP contribution in [-0.2, 0) is 9.59 Å². The third-order valence-corrected chi connectivity index (χ3v) is 4.73. The van der Waals surface area contributed by atoms with Gasteiger partial charge in [0, 0.05) is 0 Å². The smallest absolute Gasteiger partial charge is 0.306 e. The van der Waals surface area contributed by atoms with E-state index in [1.54, 1.807) is 0 Å². The molecule has 0 fully saturated rings. The molecule has 0 aromatic rings. The van der Waals surface area contributed by atoms with Crippen LogP contribution in [0.25, 0.3) is 0 Å². The highest BCUT2D eigenvalue weighted by molar-refractivity contribution is 5.93. The Balaban J connectivity index is 4.41. The van der Waals surface area contributed by atoms with Crippen molar-refractivity contribution in [1.82, 2.24) is 0 Å². The number of hydrogen-bond acceptors (Lipinski definition) is 4. The fourth-order valence-corrected chi connectivity index (χ4v) is 3.13. The first-order valence-electron chi connectivity index (χ1n) is 10.0. The van der Waals surface area contributed by atoms with Crippen LogP contribution in [0, 0.1) is 0 Å². The molecule has 0 radical (unpaired) electrons. The van der Waals surface area contributed by atoms with E-state index in [-0.39, 0.29) is 12.8 Å². The Kier molecular flexibility index (Phi) is 13.7. The normalized spacial score (nSPS) is 14.9. The number of hydrogen-bond donors (Lipinski definition) is 3. The van der Waals surface area contributed by atoms with Crippen molar-refractivity contribution in [3.05, 3.63) is 0 Å². The lowest BCUT2D eigenvalue weighted by molar-refractivity contribution is -0.157. The summed E-state index contributed by atoms with van der Waals surface area (Å²) in [6.07, 6.45) is 9.43. The summed E-state index contributed by atoms with van der Waals surface area (Å²) in [6.45, 7) is 4.24. The Labute approximate surface area is 152 Å². The molecule has 0 amide bonds. The van der Waals surface area contributed by atoms with Crippen LogP contribution >= 0.6 is 0 Å². The summed E-state index contributed by atoms with van der Waals surface area (Å²) in [5.74, 6) is -1.94. The van der Waals surface area contributed by atoms with E-state index in [9.17, 15) is 19.8 Å². The fraction of sp³-hybridized carbons (Fsp3) is 0.900. The number of unbranched alkanes of at least 4 members (excludes halogenated alkanes) is 9. The van der Waals surface area contributed by atoms with Crippen LogP contribution in [0.5, 0.6) is 0 Å². The molecule has 2 unspecified atom stereocenters. The minimum atomic E-state index is -1.95. The molecule has 0 saturated carbocycles. The molecular weight excluding hydrogens is 320 g/mol. The van der Waals surface area contributed by atoms with Gasteiger partial charge in [-0.05, 0) is 12.8 Å². The molecule has 5 heteroatoms. The molecule has 0 saturated heterocycles. The van der Waals surface area contributed by atoms with E-state index in [1.807, 2.05) is 0 Å². The first-order chi connectivity index (χ1) is 11.9. The summed E-state index contributed by atoms with van der Waals surface area (Å²) in [7, 11) is 0. The lowest BCUT2D eigenvalue weighted by Crippen LogP contribution is -2.46. The molecule has 25 heavy (non-hydrogen) atoms. The van der Waals surface area contributed by atoms with Gasteiger partial charge in [-0.1, -0.05) is 84.5 Å². The number of rotatable bonds is 17. The van der Waals surface area contributed by atoms with Crippen LogP contribution in [0.3, 0.4) is 0 Å². The largest absolute Gasteiger partial charge is 0.481 e. The van der Waals surface area contributed by atoms with E-state index >= 15 is 0 Å². The molecule has 3 N–H and O–H groups in total. The number of carboxylic acid groups (broad SMARTS) is 1. The molecule has 148 valence electrons. The predicted octanol–water partition coefficient (Wildman–Crippen LogP) is 4.23. The Morgan fingerprint density at radius 1 is 0.840 bits per heavy atom. The average Bonchev–Trinajstić information content (AvgIpc) is 2.56. The minimum Gasteiger partial charge on any atom is -0.481 e. The van der Waals surface area contributed by atoms with E-state index in [0.29, 0.717) is 12.8 Å². The van der Waals surface area contributed by atoms with Gasteiger partial charge in [-0.3, -0.25) is 9.59 Å². The Morgan fingerprint density at radius 2 is 1.32 bits per heavy atom. The zero-order valence-corrected chi connectivity index (χ0v) is 16.1. The van der Waals surface area contributed by atoms with Crippen molar-refractivity contribution in [2.45, 2.75) is 115 Å². The molecule has 2 atom stereocenters. The summed E-state index contributed by atoms with van der Waals surface area (Å²) in [6, 6.07) is 0. The number of carbonyl (C=O) groups excluding carboxylic acids is 1. The van der Waals surface area contributed by atoms with Gasteiger partial charge in [0.25, 0.3) is 0 Å². The highest BCUT2D eigenvalue weighted by atomic mass is 16.4. The van der Waals surface area contributed by atoms with Crippen LogP contribution in [0.1, 0.15) is 104 Å². The summed E-state index contributed by atoms with van der Waals surface area (Å²) in [4.78, 5) is 23.5. The minimum absolute atomic E-state index is 0.109. The van der Waals surface area contributed by atoms with Crippen LogP contribution in [0.4, 0.5) is 0 Å². The molecule has 5 nitrogen and oxygen atoms in total. The topological polar surface area (TPSA) is 94.8 Å². The van der Waals surface area contributed by atoms with Crippen molar-refractivity contribution >= 4 is 11.8 Å². The van der Waals surface area contributed by atoms with Gasteiger partial charge in [-0.25, -0.2) is 0 Å². The Morgan fingerprint density at radius 3 is 1.84 bits per heavy atom. The molecule has 0 heterocycles. The monoisotopic (exact) mass is 358 g/mol. The molecule has 0 aromatic heterocycles. The maximum atomic E-state index is 12.4. The molecule has 0 aliphatic carbocycles. The maximum Gasteiger partial charge on any atom is 0.306 e. The number of aliphatic hydroxyl groups is 2. The lowest BCUT2D eigenvalue weighted by atomic mass is 9.84. The summed E-state index contributed by atoms with van der Waals surface area (Å²) < 4.78 is 0. The maximum absolute atomic E-state index is 12.4. The van der Waals surface area contributed by atoms with Gasteiger partial charge in [-0.15, -0.1) is 0 Å². The van der Waals surface area contributed by atoms with Crippen LogP contribution < -0.4 is 0 Å². The predicted molar refractivity (Wildman–Crippen MR) is 99.6 cm³/mol.